The number of fused-ring (bicyclic) bond motifs is 1. The van der Waals surface area contributed by atoms with Crippen LogP contribution in [-0.2, 0) is 17.8 Å². The van der Waals surface area contributed by atoms with Crippen LogP contribution in [0.25, 0.3) is 11.2 Å². The Kier molecular flexibility index (Phi) is 5.43. The molecule has 1 fully saturated rings. The molecule has 6 N–H and O–H groups in total. The van der Waals surface area contributed by atoms with E-state index in [0.29, 0.717) is 30.8 Å². The molecule has 29 heavy (non-hydrogen) atoms. The first-order valence-corrected chi connectivity index (χ1v) is 9.39. The number of ether oxygens (including phenoxy) is 1. The Morgan fingerprint density at radius 3 is 2.66 bits per heavy atom. The predicted octanol–water partition coefficient (Wildman–Crippen LogP) is -0.382. The van der Waals surface area contributed by atoms with Crippen LogP contribution in [0.3, 0.4) is 0 Å². The highest BCUT2D eigenvalue weighted by atomic mass is 16.6. The maximum Gasteiger partial charge on any atom is 0.167 e. The van der Waals surface area contributed by atoms with Gasteiger partial charge in [-0.15, -0.1) is 0 Å². The van der Waals surface area contributed by atoms with Crippen molar-refractivity contribution in [2.45, 2.75) is 37.6 Å². The number of hydrogen-bond donors (Lipinski definition) is 4. The van der Waals surface area contributed by atoms with Gasteiger partial charge in [-0.25, -0.2) is 15.0 Å². The lowest BCUT2D eigenvalue weighted by Crippen LogP contribution is -2.38. The van der Waals surface area contributed by atoms with Crippen LogP contribution in [0.4, 0.5) is 5.82 Å². The van der Waals surface area contributed by atoms with E-state index in [1.807, 2.05) is 36.2 Å². The van der Waals surface area contributed by atoms with Gasteiger partial charge in [-0.2, -0.15) is 0 Å². The highest BCUT2D eigenvalue weighted by Crippen LogP contribution is 2.32. The summed E-state index contributed by atoms with van der Waals surface area (Å²) < 4.78 is 7.57. The minimum atomic E-state index is -1.13. The van der Waals surface area contributed by atoms with Crippen molar-refractivity contribution < 1.29 is 14.9 Å². The SMILES string of the molecule is CN(Cc1ccccc1CN)C[C@H]1OC(n2cnc3c(N)ncnc32)[C@H](O)[C@@H]1O. The molecule has 154 valence electrons. The largest absolute Gasteiger partial charge is 0.387 e. The Bertz CT molecular complexity index is 995. The van der Waals surface area contributed by atoms with Crippen molar-refractivity contribution in [2.24, 2.45) is 5.73 Å². The molecule has 3 aromatic rings. The summed E-state index contributed by atoms with van der Waals surface area (Å²) in [6.07, 6.45) is -0.768. The zero-order valence-corrected chi connectivity index (χ0v) is 16.1. The lowest BCUT2D eigenvalue weighted by atomic mass is 10.1. The van der Waals surface area contributed by atoms with Crippen molar-refractivity contribution in [3.05, 3.63) is 48.0 Å². The average molecular weight is 399 g/mol. The molecule has 1 unspecified atom stereocenters. The van der Waals surface area contributed by atoms with E-state index >= 15 is 0 Å². The highest BCUT2D eigenvalue weighted by Gasteiger charge is 2.44. The maximum absolute atomic E-state index is 10.6. The monoisotopic (exact) mass is 399 g/mol. The summed E-state index contributed by atoms with van der Waals surface area (Å²) in [7, 11) is 1.93. The molecule has 0 saturated carbocycles. The third-order valence-electron chi connectivity index (χ3n) is 5.27. The zero-order valence-electron chi connectivity index (χ0n) is 16.1. The number of hydrogen-bond acceptors (Lipinski definition) is 9. The molecule has 1 aliphatic rings. The average Bonchev–Trinajstić information content (AvgIpc) is 3.26. The number of likely N-dealkylation sites (N-methyl/N-ethyl adjacent to an activating group) is 1. The lowest BCUT2D eigenvalue weighted by Gasteiger charge is -2.23. The van der Waals surface area contributed by atoms with Crippen molar-refractivity contribution in [1.29, 1.82) is 0 Å². The number of nitrogen functional groups attached to an aromatic ring is 1. The van der Waals surface area contributed by atoms with Crippen molar-refractivity contribution >= 4 is 17.0 Å². The Morgan fingerprint density at radius 1 is 1.14 bits per heavy atom. The lowest BCUT2D eigenvalue weighted by molar-refractivity contribution is -0.0427. The molecule has 0 spiro atoms. The van der Waals surface area contributed by atoms with Crippen molar-refractivity contribution in [3.8, 4) is 0 Å². The minimum Gasteiger partial charge on any atom is -0.387 e. The summed E-state index contributed by atoms with van der Waals surface area (Å²) >= 11 is 0. The van der Waals surface area contributed by atoms with Crippen LogP contribution in [0, 0.1) is 0 Å². The molecule has 1 aromatic carbocycles. The molecule has 1 aliphatic heterocycles. The van der Waals surface area contributed by atoms with E-state index in [0.717, 1.165) is 11.1 Å². The number of aliphatic hydroxyl groups is 2. The summed E-state index contributed by atoms with van der Waals surface area (Å²) in [4.78, 5) is 14.3. The van der Waals surface area contributed by atoms with Gasteiger partial charge >= 0.3 is 0 Å². The fraction of sp³-hybridized carbons (Fsp3) is 0.421. The van der Waals surface area contributed by atoms with Crippen molar-refractivity contribution in [2.75, 3.05) is 19.3 Å². The Hall–Kier alpha value is -2.63. The van der Waals surface area contributed by atoms with E-state index in [1.165, 1.54) is 12.7 Å². The van der Waals surface area contributed by atoms with Gasteiger partial charge in [0.15, 0.2) is 17.7 Å². The van der Waals surface area contributed by atoms with E-state index in [2.05, 4.69) is 15.0 Å². The summed E-state index contributed by atoms with van der Waals surface area (Å²) in [5.74, 6) is 0.247. The van der Waals surface area contributed by atoms with Crippen LogP contribution in [0.2, 0.25) is 0 Å². The topological polar surface area (TPSA) is 149 Å². The number of rotatable bonds is 6. The number of aromatic nitrogens is 4. The fourth-order valence-corrected chi connectivity index (χ4v) is 3.74. The van der Waals surface area contributed by atoms with Gasteiger partial charge in [0, 0.05) is 19.6 Å². The second-order valence-electron chi connectivity index (χ2n) is 7.30. The van der Waals surface area contributed by atoms with E-state index in [-0.39, 0.29) is 5.82 Å². The van der Waals surface area contributed by atoms with Crippen LogP contribution in [0.15, 0.2) is 36.9 Å². The highest BCUT2D eigenvalue weighted by molar-refractivity contribution is 5.81. The molecule has 4 atom stereocenters. The molecule has 1 saturated heterocycles. The third kappa shape index (κ3) is 3.68. The number of anilines is 1. The molecule has 2 aromatic heterocycles. The van der Waals surface area contributed by atoms with Gasteiger partial charge in [-0.1, -0.05) is 24.3 Å². The summed E-state index contributed by atoms with van der Waals surface area (Å²) in [6.45, 7) is 1.54. The zero-order chi connectivity index (χ0) is 20.5. The maximum atomic E-state index is 10.6. The van der Waals surface area contributed by atoms with Gasteiger partial charge in [-0.3, -0.25) is 9.47 Å². The van der Waals surface area contributed by atoms with Crippen molar-refractivity contribution in [1.82, 2.24) is 24.4 Å². The van der Waals surface area contributed by atoms with E-state index in [9.17, 15) is 10.2 Å². The molecular weight excluding hydrogens is 374 g/mol. The summed E-state index contributed by atoms with van der Waals surface area (Å²) in [6, 6.07) is 7.97. The first-order chi connectivity index (χ1) is 14.0. The van der Waals surface area contributed by atoms with Crippen LogP contribution < -0.4 is 11.5 Å². The molecular formula is C19H25N7O3. The second-order valence-corrected chi connectivity index (χ2v) is 7.30. The van der Waals surface area contributed by atoms with Gasteiger partial charge in [-0.05, 0) is 18.2 Å². The standard InChI is InChI=1S/C19H25N7O3/c1-25(7-12-5-3-2-4-11(12)6-20)8-13-15(27)16(28)19(29-13)26-10-24-14-17(21)22-9-23-18(14)26/h2-5,9-10,13,15-16,19,27-28H,6-8,20H2,1H3,(H2,21,22,23)/t13-,15-,16-,19?/m1/s1. The molecule has 10 nitrogen and oxygen atoms in total. The number of imidazole rings is 1. The van der Waals surface area contributed by atoms with Gasteiger partial charge in [0.05, 0.1) is 6.33 Å². The third-order valence-corrected chi connectivity index (χ3v) is 5.27. The normalized spacial score (nSPS) is 24.6. The van der Waals surface area contributed by atoms with Crippen LogP contribution in [0.1, 0.15) is 17.4 Å². The number of benzene rings is 1. The molecule has 4 rings (SSSR count). The van der Waals surface area contributed by atoms with Gasteiger partial charge in [0.1, 0.15) is 30.2 Å². The second kappa shape index (κ2) is 8.01. The van der Waals surface area contributed by atoms with Crippen molar-refractivity contribution in [3.63, 3.8) is 0 Å². The molecule has 0 aliphatic carbocycles. The van der Waals surface area contributed by atoms with Gasteiger partial charge in [0.25, 0.3) is 0 Å². The van der Waals surface area contributed by atoms with Crippen LogP contribution in [-0.4, -0.2) is 66.5 Å². The molecule has 0 bridgehead atoms. The first-order valence-electron chi connectivity index (χ1n) is 9.39. The van der Waals surface area contributed by atoms with Crippen LogP contribution >= 0.6 is 0 Å². The molecule has 0 radical (unpaired) electrons. The molecule has 3 heterocycles. The molecule has 10 heteroatoms. The van der Waals surface area contributed by atoms with Gasteiger partial charge < -0.3 is 26.4 Å². The Morgan fingerprint density at radius 2 is 1.90 bits per heavy atom. The Labute approximate surface area is 167 Å². The van der Waals surface area contributed by atoms with Crippen LogP contribution in [0.5, 0.6) is 0 Å². The summed E-state index contributed by atoms with van der Waals surface area (Å²) in [5, 5.41) is 21.1. The van der Waals surface area contributed by atoms with E-state index in [1.54, 1.807) is 4.57 Å². The Balaban J connectivity index is 1.49. The number of aliphatic hydroxyl groups excluding tert-OH is 2. The smallest absolute Gasteiger partial charge is 0.167 e. The quantitative estimate of drug-likeness (QED) is 0.435. The van der Waals surface area contributed by atoms with Gasteiger partial charge in [0.2, 0.25) is 0 Å². The summed E-state index contributed by atoms with van der Waals surface area (Å²) in [5.41, 5.74) is 14.7. The van der Waals surface area contributed by atoms with E-state index in [4.69, 9.17) is 16.2 Å². The first kappa shape index (κ1) is 19.7. The number of nitrogens with two attached hydrogens (primary N) is 2. The fourth-order valence-electron chi connectivity index (χ4n) is 3.74. The van der Waals surface area contributed by atoms with E-state index < -0.39 is 24.5 Å². The minimum absolute atomic E-state index is 0.247. The number of nitrogens with zero attached hydrogens (tertiary/aromatic N) is 5. The molecule has 0 amide bonds. The predicted molar refractivity (Wildman–Crippen MR) is 106 cm³/mol.